The Hall–Kier alpha value is -2.31. The summed E-state index contributed by atoms with van der Waals surface area (Å²) in [5.74, 6) is -4.97. The van der Waals surface area contributed by atoms with Gasteiger partial charge in [-0.2, -0.15) is 5.10 Å². The average Bonchev–Trinajstić information content (AvgIpc) is 2.86. The molecule has 0 saturated carbocycles. The van der Waals surface area contributed by atoms with Crippen LogP contribution in [0.4, 0.5) is 13.2 Å². The SMILES string of the molecule is CCn1ncc(OC)c1C(=O)c1cc(F)c(F)c(F)c1. The van der Waals surface area contributed by atoms with Crippen LogP contribution in [0.25, 0.3) is 0 Å². The van der Waals surface area contributed by atoms with Gasteiger partial charge in [-0.05, 0) is 19.1 Å². The van der Waals surface area contributed by atoms with E-state index in [9.17, 15) is 18.0 Å². The Morgan fingerprint density at radius 1 is 1.30 bits per heavy atom. The summed E-state index contributed by atoms with van der Waals surface area (Å²) in [4.78, 5) is 12.3. The molecule has 1 heterocycles. The molecule has 1 aromatic heterocycles. The minimum Gasteiger partial charge on any atom is -0.493 e. The van der Waals surface area contributed by atoms with Gasteiger partial charge in [-0.25, -0.2) is 13.2 Å². The van der Waals surface area contributed by atoms with Crippen molar-refractivity contribution in [2.75, 3.05) is 7.11 Å². The van der Waals surface area contributed by atoms with E-state index in [1.165, 1.54) is 18.0 Å². The van der Waals surface area contributed by atoms with E-state index < -0.39 is 23.2 Å². The number of carbonyl (C=O) groups excluding carboxylic acids is 1. The van der Waals surface area contributed by atoms with E-state index in [2.05, 4.69) is 5.10 Å². The number of benzene rings is 1. The highest BCUT2D eigenvalue weighted by atomic mass is 19.2. The van der Waals surface area contributed by atoms with Crippen molar-refractivity contribution in [2.24, 2.45) is 0 Å². The van der Waals surface area contributed by atoms with Crippen LogP contribution in [0.2, 0.25) is 0 Å². The number of aromatic nitrogens is 2. The van der Waals surface area contributed by atoms with Gasteiger partial charge < -0.3 is 4.74 Å². The van der Waals surface area contributed by atoms with Gasteiger partial charge >= 0.3 is 0 Å². The highest BCUT2D eigenvalue weighted by Crippen LogP contribution is 2.23. The molecule has 0 fully saturated rings. The number of halogens is 3. The Kier molecular flexibility index (Phi) is 3.78. The van der Waals surface area contributed by atoms with Crippen molar-refractivity contribution in [3.05, 3.63) is 47.0 Å². The number of aryl methyl sites for hydroxylation is 1. The normalized spacial score (nSPS) is 10.7. The molecule has 4 nitrogen and oxygen atoms in total. The van der Waals surface area contributed by atoms with Crippen LogP contribution in [-0.2, 0) is 6.54 Å². The van der Waals surface area contributed by atoms with E-state index in [0.29, 0.717) is 18.7 Å². The Balaban J connectivity index is 2.54. The second-order valence-electron chi connectivity index (χ2n) is 3.96. The predicted octanol–water partition coefficient (Wildman–Crippen LogP) is 2.56. The van der Waals surface area contributed by atoms with Crippen LogP contribution in [-0.4, -0.2) is 22.7 Å². The molecule has 106 valence electrons. The van der Waals surface area contributed by atoms with E-state index in [0.717, 1.165) is 0 Å². The topological polar surface area (TPSA) is 44.1 Å². The summed E-state index contributed by atoms with van der Waals surface area (Å²) in [5.41, 5.74) is -0.254. The number of hydrogen-bond donors (Lipinski definition) is 0. The molecule has 0 spiro atoms. The molecule has 0 radical (unpaired) electrons. The summed E-state index contributed by atoms with van der Waals surface area (Å²) in [5, 5.41) is 3.92. The Bertz CT molecular complexity index is 623. The lowest BCUT2D eigenvalue weighted by Crippen LogP contribution is -2.12. The zero-order valence-corrected chi connectivity index (χ0v) is 10.8. The summed E-state index contributed by atoms with van der Waals surface area (Å²) in [6.45, 7) is 2.12. The maximum absolute atomic E-state index is 13.2. The first-order valence-corrected chi connectivity index (χ1v) is 5.78. The smallest absolute Gasteiger partial charge is 0.215 e. The van der Waals surface area contributed by atoms with Crippen molar-refractivity contribution in [3.8, 4) is 5.75 Å². The van der Waals surface area contributed by atoms with Gasteiger partial charge in [-0.3, -0.25) is 9.48 Å². The van der Waals surface area contributed by atoms with E-state index in [1.807, 2.05) is 0 Å². The molecule has 0 amide bonds. The van der Waals surface area contributed by atoms with Crippen LogP contribution in [0.5, 0.6) is 5.75 Å². The number of nitrogens with zero attached hydrogens (tertiary/aromatic N) is 2. The van der Waals surface area contributed by atoms with Gasteiger partial charge in [0.25, 0.3) is 0 Å². The summed E-state index contributed by atoms with van der Waals surface area (Å²) in [6.07, 6.45) is 1.33. The molecule has 7 heteroatoms. The average molecular weight is 284 g/mol. The van der Waals surface area contributed by atoms with Crippen LogP contribution in [0.1, 0.15) is 23.0 Å². The number of rotatable bonds is 4. The molecule has 1 aromatic carbocycles. The predicted molar refractivity (Wildman–Crippen MR) is 64.2 cm³/mol. The summed E-state index contributed by atoms with van der Waals surface area (Å²) < 4.78 is 45.6. The largest absolute Gasteiger partial charge is 0.493 e. The molecule has 0 aliphatic carbocycles. The Labute approximate surface area is 112 Å². The fourth-order valence-corrected chi connectivity index (χ4v) is 1.81. The zero-order chi connectivity index (χ0) is 14.9. The minimum absolute atomic E-state index is 0.0559. The van der Waals surface area contributed by atoms with Crippen molar-refractivity contribution in [1.82, 2.24) is 9.78 Å². The molecular weight excluding hydrogens is 273 g/mol. The lowest BCUT2D eigenvalue weighted by molar-refractivity contribution is 0.102. The number of carbonyl (C=O) groups is 1. The fourth-order valence-electron chi connectivity index (χ4n) is 1.81. The number of hydrogen-bond acceptors (Lipinski definition) is 3. The first-order chi connectivity index (χ1) is 9.49. The van der Waals surface area contributed by atoms with Gasteiger partial charge in [0.05, 0.1) is 13.3 Å². The van der Waals surface area contributed by atoms with Crippen molar-refractivity contribution < 1.29 is 22.7 Å². The zero-order valence-electron chi connectivity index (χ0n) is 10.8. The van der Waals surface area contributed by atoms with Crippen molar-refractivity contribution in [3.63, 3.8) is 0 Å². The van der Waals surface area contributed by atoms with Crippen LogP contribution in [0, 0.1) is 17.5 Å². The van der Waals surface area contributed by atoms with Crippen LogP contribution in [0.15, 0.2) is 18.3 Å². The molecule has 0 saturated heterocycles. The second kappa shape index (κ2) is 5.36. The first-order valence-electron chi connectivity index (χ1n) is 5.78. The molecule has 0 aliphatic rings. The maximum atomic E-state index is 13.2. The van der Waals surface area contributed by atoms with Gasteiger partial charge in [-0.15, -0.1) is 0 Å². The van der Waals surface area contributed by atoms with Crippen molar-refractivity contribution in [1.29, 1.82) is 0 Å². The van der Waals surface area contributed by atoms with Crippen LogP contribution < -0.4 is 4.74 Å². The standard InChI is InChI=1S/C13H11F3N2O2/c1-3-18-12(10(20-2)6-17-18)13(19)7-4-8(14)11(16)9(15)5-7/h4-6H,3H2,1-2H3. The molecule has 0 bridgehead atoms. The molecule has 0 N–H and O–H groups in total. The number of methoxy groups -OCH3 is 1. The number of ether oxygens (including phenoxy) is 1. The molecule has 0 atom stereocenters. The Morgan fingerprint density at radius 3 is 2.40 bits per heavy atom. The maximum Gasteiger partial charge on any atom is 0.215 e. The minimum atomic E-state index is -1.61. The molecule has 2 aromatic rings. The molecule has 2 rings (SSSR count). The van der Waals surface area contributed by atoms with E-state index in [1.54, 1.807) is 6.92 Å². The van der Waals surface area contributed by atoms with Gasteiger partial charge in [0.15, 0.2) is 28.9 Å². The molecule has 20 heavy (non-hydrogen) atoms. The quantitative estimate of drug-likeness (QED) is 0.640. The molecule has 0 aliphatic heterocycles. The van der Waals surface area contributed by atoms with E-state index in [4.69, 9.17) is 4.74 Å². The summed E-state index contributed by atoms with van der Waals surface area (Å²) in [6, 6.07) is 1.29. The Morgan fingerprint density at radius 2 is 1.90 bits per heavy atom. The van der Waals surface area contributed by atoms with Gasteiger partial charge in [-0.1, -0.05) is 0 Å². The van der Waals surface area contributed by atoms with Gasteiger partial charge in [0, 0.05) is 12.1 Å². The lowest BCUT2D eigenvalue weighted by Gasteiger charge is -2.07. The van der Waals surface area contributed by atoms with E-state index in [-0.39, 0.29) is 17.0 Å². The van der Waals surface area contributed by atoms with Crippen LogP contribution in [0.3, 0.4) is 0 Å². The third-order valence-electron chi connectivity index (χ3n) is 2.79. The summed E-state index contributed by atoms with van der Waals surface area (Å²) >= 11 is 0. The van der Waals surface area contributed by atoms with E-state index >= 15 is 0 Å². The number of ketones is 1. The highest BCUT2D eigenvalue weighted by molar-refractivity contribution is 6.09. The summed E-state index contributed by atoms with van der Waals surface area (Å²) in [7, 11) is 1.35. The second-order valence-corrected chi connectivity index (χ2v) is 3.96. The molecule has 0 unspecified atom stereocenters. The van der Waals surface area contributed by atoms with Crippen LogP contribution >= 0.6 is 0 Å². The fraction of sp³-hybridized carbons (Fsp3) is 0.231. The van der Waals surface area contributed by atoms with Crippen molar-refractivity contribution in [2.45, 2.75) is 13.5 Å². The lowest BCUT2D eigenvalue weighted by atomic mass is 10.1. The van der Waals surface area contributed by atoms with Crippen molar-refractivity contribution >= 4 is 5.78 Å². The monoisotopic (exact) mass is 284 g/mol. The molecular formula is C13H11F3N2O2. The third kappa shape index (κ3) is 2.26. The third-order valence-corrected chi connectivity index (χ3v) is 2.79. The van der Waals surface area contributed by atoms with Gasteiger partial charge in [0.2, 0.25) is 5.78 Å². The first kappa shape index (κ1) is 14.1. The highest BCUT2D eigenvalue weighted by Gasteiger charge is 2.23. The van der Waals surface area contributed by atoms with Gasteiger partial charge in [0.1, 0.15) is 0 Å².